The first-order valence-electron chi connectivity index (χ1n) is 9.98. The number of amides is 2. The van der Waals surface area contributed by atoms with Gasteiger partial charge in [0.1, 0.15) is 18.1 Å². The standard InChI is InChI=1S/C23H28N2O4/c1-16(2)29-19-7-5-18(6-8-19)15-24-22(26)10-11-23(27)25-12-13-28-21-9-4-17(3)14-20(21)25/h4-9,14,16H,10-13,15H2,1-3H3,(H,24,26). The normalized spacial score (nSPS) is 12.9. The van der Waals surface area contributed by atoms with Crippen LogP contribution in [0.3, 0.4) is 0 Å². The lowest BCUT2D eigenvalue weighted by Gasteiger charge is -2.30. The van der Waals surface area contributed by atoms with E-state index in [0.29, 0.717) is 25.4 Å². The van der Waals surface area contributed by atoms with E-state index in [-0.39, 0.29) is 30.8 Å². The number of carbonyl (C=O) groups excluding carboxylic acids is 2. The Morgan fingerprint density at radius 3 is 2.62 bits per heavy atom. The molecule has 0 atom stereocenters. The van der Waals surface area contributed by atoms with Crippen LogP contribution < -0.4 is 19.7 Å². The number of hydrogen-bond acceptors (Lipinski definition) is 4. The molecule has 1 aliphatic heterocycles. The minimum absolute atomic E-state index is 0.0644. The Hall–Kier alpha value is -3.02. The van der Waals surface area contributed by atoms with Gasteiger partial charge in [-0.3, -0.25) is 9.59 Å². The Kier molecular flexibility index (Phi) is 6.75. The van der Waals surface area contributed by atoms with Crippen LogP contribution in [0, 0.1) is 6.92 Å². The summed E-state index contributed by atoms with van der Waals surface area (Å²) in [5, 5.41) is 2.87. The maximum Gasteiger partial charge on any atom is 0.227 e. The second-order valence-electron chi connectivity index (χ2n) is 7.45. The second kappa shape index (κ2) is 9.45. The topological polar surface area (TPSA) is 67.9 Å². The zero-order valence-corrected chi connectivity index (χ0v) is 17.2. The van der Waals surface area contributed by atoms with Gasteiger partial charge in [-0.2, -0.15) is 0 Å². The molecular formula is C23H28N2O4. The molecule has 1 aliphatic rings. The fourth-order valence-electron chi connectivity index (χ4n) is 3.19. The summed E-state index contributed by atoms with van der Waals surface area (Å²) < 4.78 is 11.2. The summed E-state index contributed by atoms with van der Waals surface area (Å²) in [6.07, 6.45) is 0.451. The van der Waals surface area contributed by atoms with E-state index < -0.39 is 0 Å². The number of nitrogens with zero attached hydrogens (tertiary/aromatic N) is 1. The molecule has 0 radical (unpaired) electrons. The highest BCUT2D eigenvalue weighted by molar-refractivity contribution is 5.97. The third kappa shape index (κ3) is 5.73. The summed E-state index contributed by atoms with van der Waals surface area (Å²) in [5.74, 6) is 1.32. The number of aryl methyl sites for hydroxylation is 1. The average Bonchev–Trinajstić information content (AvgIpc) is 2.70. The van der Waals surface area contributed by atoms with E-state index in [4.69, 9.17) is 9.47 Å². The molecule has 0 unspecified atom stereocenters. The number of rotatable bonds is 7. The maximum absolute atomic E-state index is 12.7. The molecule has 0 saturated carbocycles. The molecule has 6 nitrogen and oxygen atoms in total. The van der Waals surface area contributed by atoms with Crippen molar-refractivity contribution in [1.29, 1.82) is 0 Å². The van der Waals surface area contributed by atoms with E-state index in [1.54, 1.807) is 4.90 Å². The summed E-state index contributed by atoms with van der Waals surface area (Å²) in [7, 11) is 0. The molecule has 1 N–H and O–H groups in total. The number of nitrogens with one attached hydrogen (secondary N) is 1. The van der Waals surface area contributed by atoms with Crippen molar-refractivity contribution in [3.63, 3.8) is 0 Å². The lowest BCUT2D eigenvalue weighted by molar-refractivity contribution is -0.125. The second-order valence-corrected chi connectivity index (χ2v) is 7.45. The fraction of sp³-hybridized carbons (Fsp3) is 0.391. The molecule has 0 spiro atoms. The predicted molar refractivity (Wildman–Crippen MR) is 112 cm³/mol. The van der Waals surface area contributed by atoms with Crippen LogP contribution in [0.4, 0.5) is 5.69 Å². The Morgan fingerprint density at radius 1 is 1.14 bits per heavy atom. The molecule has 0 bridgehead atoms. The van der Waals surface area contributed by atoms with Gasteiger partial charge in [0.25, 0.3) is 0 Å². The number of benzene rings is 2. The average molecular weight is 396 g/mol. The Morgan fingerprint density at radius 2 is 1.90 bits per heavy atom. The van der Waals surface area contributed by atoms with Crippen molar-refractivity contribution in [1.82, 2.24) is 5.32 Å². The number of hydrogen-bond donors (Lipinski definition) is 1. The van der Waals surface area contributed by atoms with Gasteiger partial charge in [-0.15, -0.1) is 0 Å². The Bertz CT molecular complexity index is 862. The predicted octanol–water partition coefficient (Wildman–Crippen LogP) is 3.60. The Balaban J connectivity index is 1.47. The zero-order valence-electron chi connectivity index (χ0n) is 17.2. The number of carbonyl (C=O) groups is 2. The zero-order chi connectivity index (χ0) is 20.8. The summed E-state index contributed by atoms with van der Waals surface area (Å²) >= 11 is 0. The molecule has 6 heteroatoms. The van der Waals surface area contributed by atoms with Crippen LogP contribution >= 0.6 is 0 Å². The summed E-state index contributed by atoms with van der Waals surface area (Å²) in [6.45, 7) is 7.32. The number of fused-ring (bicyclic) bond motifs is 1. The molecule has 154 valence electrons. The van der Waals surface area contributed by atoms with Crippen molar-refractivity contribution in [2.24, 2.45) is 0 Å². The van der Waals surface area contributed by atoms with Crippen LogP contribution in [0.15, 0.2) is 42.5 Å². The van der Waals surface area contributed by atoms with Gasteiger partial charge in [0.15, 0.2) is 0 Å². The van der Waals surface area contributed by atoms with Gasteiger partial charge in [-0.05, 0) is 56.2 Å². The third-order valence-electron chi connectivity index (χ3n) is 4.63. The fourth-order valence-corrected chi connectivity index (χ4v) is 3.19. The molecule has 0 fully saturated rings. The van der Waals surface area contributed by atoms with E-state index in [1.807, 2.05) is 63.2 Å². The minimum Gasteiger partial charge on any atom is -0.491 e. The van der Waals surface area contributed by atoms with Crippen LogP contribution in [0.25, 0.3) is 0 Å². The molecule has 29 heavy (non-hydrogen) atoms. The van der Waals surface area contributed by atoms with Crippen molar-refractivity contribution in [2.45, 2.75) is 46.3 Å². The van der Waals surface area contributed by atoms with Gasteiger partial charge in [0.05, 0.1) is 18.3 Å². The van der Waals surface area contributed by atoms with Crippen LogP contribution in [-0.2, 0) is 16.1 Å². The van der Waals surface area contributed by atoms with E-state index in [0.717, 1.165) is 22.6 Å². The molecule has 2 aromatic rings. The van der Waals surface area contributed by atoms with E-state index in [9.17, 15) is 9.59 Å². The van der Waals surface area contributed by atoms with Gasteiger partial charge < -0.3 is 19.7 Å². The lowest BCUT2D eigenvalue weighted by atomic mass is 10.1. The monoisotopic (exact) mass is 396 g/mol. The van der Waals surface area contributed by atoms with E-state index in [1.165, 1.54) is 0 Å². The third-order valence-corrected chi connectivity index (χ3v) is 4.63. The molecule has 3 rings (SSSR count). The van der Waals surface area contributed by atoms with Gasteiger partial charge >= 0.3 is 0 Å². The maximum atomic E-state index is 12.7. The highest BCUT2D eigenvalue weighted by Crippen LogP contribution is 2.32. The first kappa shape index (κ1) is 20.7. The van der Waals surface area contributed by atoms with E-state index in [2.05, 4.69) is 5.32 Å². The van der Waals surface area contributed by atoms with E-state index >= 15 is 0 Å². The number of ether oxygens (including phenoxy) is 2. The van der Waals surface area contributed by atoms with Crippen molar-refractivity contribution >= 4 is 17.5 Å². The van der Waals surface area contributed by atoms with Crippen molar-refractivity contribution in [2.75, 3.05) is 18.1 Å². The quantitative estimate of drug-likeness (QED) is 0.776. The van der Waals surface area contributed by atoms with Gasteiger partial charge in [-0.1, -0.05) is 18.2 Å². The lowest BCUT2D eigenvalue weighted by Crippen LogP contribution is -2.38. The molecule has 0 aliphatic carbocycles. The van der Waals surface area contributed by atoms with Crippen LogP contribution in [0.1, 0.15) is 37.8 Å². The SMILES string of the molecule is Cc1ccc2c(c1)N(C(=O)CCC(=O)NCc1ccc(OC(C)C)cc1)CCO2. The van der Waals surface area contributed by atoms with Crippen LogP contribution in [0.2, 0.25) is 0 Å². The largest absolute Gasteiger partial charge is 0.491 e. The van der Waals surface area contributed by atoms with Gasteiger partial charge in [0.2, 0.25) is 11.8 Å². The van der Waals surface area contributed by atoms with Gasteiger partial charge in [0, 0.05) is 19.4 Å². The molecule has 2 amide bonds. The highest BCUT2D eigenvalue weighted by Gasteiger charge is 2.24. The number of anilines is 1. The molecule has 0 saturated heterocycles. The van der Waals surface area contributed by atoms with Crippen LogP contribution in [0.5, 0.6) is 11.5 Å². The summed E-state index contributed by atoms with van der Waals surface area (Å²) in [6, 6.07) is 13.4. The van der Waals surface area contributed by atoms with Gasteiger partial charge in [-0.25, -0.2) is 0 Å². The van der Waals surface area contributed by atoms with Crippen molar-refractivity contribution < 1.29 is 19.1 Å². The first-order valence-corrected chi connectivity index (χ1v) is 9.98. The molecule has 0 aromatic heterocycles. The minimum atomic E-state index is -0.140. The smallest absolute Gasteiger partial charge is 0.227 e. The summed E-state index contributed by atoms with van der Waals surface area (Å²) in [4.78, 5) is 26.6. The Labute approximate surface area is 171 Å². The molecule has 1 heterocycles. The summed E-state index contributed by atoms with van der Waals surface area (Å²) in [5.41, 5.74) is 2.83. The van der Waals surface area contributed by atoms with Crippen molar-refractivity contribution in [3.05, 3.63) is 53.6 Å². The van der Waals surface area contributed by atoms with Crippen molar-refractivity contribution in [3.8, 4) is 11.5 Å². The first-order chi connectivity index (χ1) is 13.9. The highest BCUT2D eigenvalue weighted by atomic mass is 16.5. The molecule has 2 aromatic carbocycles. The molecular weight excluding hydrogens is 368 g/mol. The van der Waals surface area contributed by atoms with Crippen LogP contribution in [-0.4, -0.2) is 31.1 Å².